The van der Waals surface area contributed by atoms with Crippen molar-refractivity contribution in [2.24, 2.45) is 0 Å². The van der Waals surface area contributed by atoms with E-state index in [9.17, 15) is 18.3 Å². The highest BCUT2D eigenvalue weighted by Crippen LogP contribution is 2.21. The van der Waals surface area contributed by atoms with E-state index in [2.05, 4.69) is 10.0 Å². The molecule has 1 atom stereocenters. The molecule has 1 unspecified atom stereocenters. The van der Waals surface area contributed by atoms with Crippen molar-refractivity contribution in [1.82, 2.24) is 4.72 Å². The summed E-state index contributed by atoms with van der Waals surface area (Å²) in [6.07, 6.45) is 1.12. The molecule has 1 heterocycles. The average Bonchev–Trinajstić information content (AvgIpc) is 3.08. The summed E-state index contributed by atoms with van der Waals surface area (Å²) < 4.78 is 32.4. The van der Waals surface area contributed by atoms with E-state index in [1.165, 1.54) is 12.3 Å². The lowest BCUT2D eigenvalue weighted by atomic mass is 10.2. The van der Waals surface area contributed by atoms with Crippen LogP contribution in [-0.2, 0) is 14.8 Å². The monoisotopic (exact) mass is 366 g/mol. The molecule has 2 aromatic rings. The van der Waals surface area contributed by atoms with E-state index < -0.39 is 16.1 Å². The van der Waals surface area contributed by atoms with Crippen LogP contribution in [0.4, 0.5) is 5.69 Å². The van der Waals surface area contributed by atoms with Gasteiger partial charge in [-0.1, -0.05) is 6.92 Å². The van der Waals surface area contributed by atoms with Crippen molar-refractivity contribution >= 4 is 21.6 Å². The van der Waals surface area contributed by atoms with Crippen molar-refractivity contribution in [3.05, 3.63) is 47.9 Å². The first-order valence-corrected chi connectivity index (χ1v) is 9.43. The summed E-state index contributed by atoms with van der Waals surface area (Å²) in [4.78, 5) is 11.5. The number of anilines is 1. The maximum absolute atomic E-state index is 12.4. The molecule has 3 N–H and O–H groups in total. The Kier molecular flexibility index (Phi) is 6.35. The number of hydrogen-bond acceptors (Lipinski definition) is 5. The number of nitrogens with one attached hydrogen (secondary N) is 2. The molecule has 1 aromatic heterocycles. The molecule has 1 amide bonds. The van der Waals surface area contributed by atoms with Crippen LogP contribution in [0.3, 0.4) is 0 Å². The Morgan fingerprint density at radius 1 is 1.32 bits per heavy atom. The van der Waals surface area contributed by atoms with Crippen LogP contribution in [0.5, 0.6) is 0 Å². The van der Waals surface area contributed by atoms with E-state index >= 15 is 0 Å². The molecule has 7 nitrogen and oxygen atoms in total. The first-order chi connectivity index (χ1) is 11.8. The van der Waals surface area contributed by atoms with Crippen LogP contribution >= 0.6 is 0 Å². The van der Waals surface area contributed by atoms with Gasteiger partial charge in [0.15, 0.2) is 0 Å². The summed E-state index contributed by atoms with van der Waals surface area (Å²) >= 11 is 0. The van der Waals surface area contributed by atoms with Crippen LogP contribution < -0.4 is 10.0 Å². The normalized spacial score (nSPS) is 12.8. The maximum atomic E-state index is 12.4. The van der Waals surface area contributed by atoms with Crippen LogP contribution in [0.15, 0.2) is 45.9 Å². The molecule has 1 aromatic carbocycles. The minimum absolute atomic E-state index is 0.0674. The fourth-order valence-electron chi connectivity index (χ4n) is 2.31. The smallest absolute Gasteiger partial charge is 0.240 e. The largest absolute Gasteiger partial charge is 0.467 e. The number of carbonyl (C=O) groups is 1. The van der Waals surface area contributed by atoms with Crippen molar-refractivity contribution in [3.8, 4) is 0 Å². The predicted molar refractivity (Wildman–Crippen MR) is 93.6 cm³/mol. The van der Waals surface area contributed by atoms with Crippen LogP contribution in [0.25, 0.3) is 0 Å². The Labute approximate surface area is 147 Å². The number of carbonyl (C=O) groups excluding carboxylic acids is 1. The van der Waals surface area contributed by atoms with Gasteiger partial charge in [-0.2, -0.15) is 0 Å². The van der Waals surface area contributed by atoms with E-state index in [1.54, 1.807) is 38.1 Å². The molecule has 0 saturated heterocycles. The number of aliphatic hydroxyl groups is 1. The van der Waals surface area contributed by atoms with Gasteiger partial charge in [-0.05, 0) is 49.2 Å². The Morgan fingerprint density at radius 3 is 2.68 bits per heavy atom. The molecule has 2 rings (SSSR count). The molecule has 0 fully saturated rings. The van der Waals surface area contributed by atoms with Gasteiger partial charge < -0.3 is 14.8 Å². The van der Waals surface area contributed by atoms with E-state index in [-0.39, 0.29) is 23.8 Å². The highest BCUT2D eigenvalue weighted by Gasteiger charge is 2.18. The minimum atomic E-state index is -3.71. The van der Waals surface area contributed by atoms with Gasteiger partial charge in [0.1, 0.15) is 11.9 Å². The van der Waals surface area contributed by atoms with Gasteiger partial charge in [0.25, 0.3) is 0 Å². The molecule has 0 saturated carbocycles. The molecule has 8 heteroatoms. The van der Waals surface area contributed by atoms with Gasteiger partial charge >= 0.3 is 0 Å². The quantitative estimate of drug-likeness (QED) is 0.664. The Bertz CT molecular complexity index is 816. The number of aryl methyl sites for hydroxylation is 1. The van der Waals surface area contributed by atoms with Gasteiger partial charge in [0.05, 0.1) is 11.2 Å². The average molecular weight is 366 g/mol. The topological polar surface area (TPSA) is 109 Å². The van der Waals surface area contributed by atoms with E-state index in [1.807, 2.05) is 0 Å². The Morgan fingerprint density at radius 2 is 2.08 bits per heavy atom. The van der Waals surface area contributed by atoms with Gasteiger partial charge in [-0.25, -0.2) is 13.1 Å². The molecule has 25 heavy (non-hydrogen) atoms. The highest BCUT2D eigenvalue weighted by molar-refractivity contribution is 7.89. The molecule has 0 bridgehead atoms. The lowest BCUT2D eigenvalue weighted by Gasteiger charge is -2.12. The second-order valence-electron chi connectivity index (χ2n) is 5.60. The zero-order chi connectivity index (χ0) is 18.4. The molecule has 0 spiro atoms. The van der Waals surface area contributed by atoms with E-state index in [4.69, 9.17) is 4.42 Å². The third-order valence-electron chi connectivity index (χ3n) is 3.65. The number of amides is 1. The summed E-state index contributed by atoms with van der Waals surface area (Å²) in [7, 11) is -3.71. The molecule has 0 aliphatic heterocycles. The van der Waals surface area contributed by atoms with Crippen LogP contribution in [0, 0.1) is 6.92 Å². The maximum Gasteiger partial charge on any atom is 0.240 e. The Hall–Kier alpha value is -2.16. The van der Waals surface area contributed by atoms with E-state index in [0.717, 1.165) is 0 Å². The summed E-state index contributed by atoms with van der Waals surface area (Å²) in [6.45, 7) is 3.47. The third kappa shape index (κ3) is 5.15. The first-order valence-electron chi connectivity index (χ1n) is 7.95. The van der Waals surface area contributed by atoms with E-state index in [0.29, 0.717) is 23.4 Å². The molecule has 0 radical (unpaired) electrons. The SMILES string of the molecule is CCC(=O)Nc1ccc(S(=O)(=O)NCCC(O)c2ccco2)c(C)c1. The highest BCUT2D eigenvalue weighted by atomic mass is 32.2. The standard InChI is InChI=1S/C17H22N2O5S/c1-3-17(21)19-13-6-7-16(12(2)11-13)25(22,23)18-9-8-14(20)15-5-4-10-24-15/h4-7,10-11,14,18,20H,3,8-9H2,1-2H3,(H,19,21). The number of furan rings is 1. The molecule has 0 aliphatic carbocycles. The summed E-state index contributed by atoms with van der Waals surface area (Å²) in [5, 5.41) is 12.6. The van der Waals surface area contributed by atoms with Gasteiger partial charge in [0.2, 0.25) is 15.9 Å². The van der Waals surface area contributed by atoms with Crippen LogP contribution in [0.2, 0.25) is 0 Å². The molecular formula is C17H22N2O5S. The second kappa shape index (κ2) is 8.28. The lowest BCUT2D eigenvalue weighted by molar-refractivity contribution is -0.115. The van der Waals surface area contributed by atoms with Crippen molar-refractivity contribution in [3.63, 3.8) is 0 Å². The number of hydrogen-bond donors (Lipinski definition) is 3. The number of rotatable bonds is 8. The molecular weight excluding hydrogens is 344 g/mol. The number of aliphatic hydroxyl groups excluding tert-OH is 1. The molecule has 136 valence electrons. The van der Waals surface area contributed by atoms with Gasteiger partial charge in [-0.3, -0.25) is 4.79 Å². The summed E-state index contributed by atoms with van der Waals surface area (Å²) in [6, 6.07) is 7.90. The molecule has 0 aliphatic rings. The van der Waals surface area contributed by atoms with Crippen molar-refractivity contribution in [1.29, 1.82) is 0 Å². The minimum Gasteiger partial charge on any atom is -0.467 e. The van der Waals surface area contributed by atoms with Crippen molar-refractivity contribution in [2.45, 2.75) is 37.7 Å². The summed E-state index contributed by atoms with van der Waals surface area (Å²) in [5.41, 5.74) is 1.07. The lowest BCUT2D eigenvalue weighted by Crippen LogP contribution is -2.26. The predicted octanol–water partition coefficient (Wildman–Crippen LogP) is 2.34. The second-order valence-corrected chi connectivity index (χ2v) is 7.34. The fraction of sp³-hybridized carbons (Fsp3) is 0.353. The van der Waals surface area contributed by atoms with Gasteiger partial charge in [0, 0.05) is 18.7 Å². The van der Waals surface area contributed by atoms with Gasteiger partial charge in [-0.15, -0.1) is 0 Å². The van der Waals surface area contributed by atoms with Crippen molar-refractivity contribution < 1.29 is 22.7 Å². The third-order valence-corrected chi connectivity index (χ3v) is 5.27. The zero-order valence-electron chi connectivity index (χ0n) is 14.2. The van der Waals surface area contributed by atoms with Crippen LogP contribution in [-0.4, -0.2) is 26.0 Å². The Balaban J connectivity index is 2.00. The first kappa shape index (κ1) is 19.2. The summed E-state index contributed by atoms with van der Waals surface area (Å²) in [5.74, 6) is 0.256. The fourth-order valence-corrected chi connectivity index (χ4v) is 3.58. The number of sulfonamides is 1. The van der Waals surface area contributed by atoms with Crippen molar-refractivity contribution in [2.75, 3.05) is 11.9 Å². The number of benzene rings is 1. The van der Waals surface area contributed by atoms with Crippen LogP contribution in [0.1, 0.15) is 37.2 Å². The zero-order valence-corrected chi connectivity index (χ0v) is 15.0.